The zero-order valence-electron chi connectivity index (χ0n) is 13.8. The van der Waals surface area contributed by atoms with Crippen molar-refractivity contribution in [2.24, 2.45) is 0 Å². The maximum absolute atomic E-state index is 12.2. The van der Waals surface area contributed by atoms with Gasteiger partial charge in [0, 0.05) is 23.6 Å². The van der Waals surface area contributed by atoms with Crippen LogP contribution in [-0.2, 0) is 4.79 Å². The molecule has 1 atom stereocenters. The van der Waals surface area contributed by atoms with Crippen LogP contribution in [0.25, 0.3) is 5.69 Å². The minimum Gasteiger partial charge on any atom is -0.351 e. The summed E-state index contributed by atoms with van der Waals surface area (Å²) in [5.41, 5.74) is 2.03. The lowest BCUT2D eigenvalue weighted by Crippen LogP contribution is -2.44. The molecular formula is C17H23N3OS. The number of hydrogen-bond acceptors (Lipinski definition) is 3. The predicted molar refractivity (Wildman–Crippen MR) is 91.5 cm³/mol. The molecule has 0 aliphatic carbocycles. The smallest absolute Gasteiger partial charge is 0.233 e. The standard InChI is InChI=1S/C17H23N3OS/c1-12-7-6-8-14(11-12)20-10-9-18-16(20)22-13(2)15(21)19-17(3,4)5/h6-11,13H,1-5H3,(H,19,21). The molecule has 1 aromatic heterocycles. The van der Waals surface area contributed by atoms with Gasteiger partial charge >= 0.3 is 0 Å². The highest BCUT2D eigenvalue weighted by Crippen LogP contribution is 2.25. The first-order valence-electron chi connectivity index (χ1n) is 7.35. The number of nitrogens with one attached hydrogen (secondary N) is 1. The highest BCUT2D eigenvalue weighted by molar-refractivity contribution is 8.00. The van der Waals surface area contributed by atoms with E-state index in [1.165, 1.54) is 17.3 Å². The summed E-state index contributed by atoms with van der Waals surface area (Å²) in [4.78, 5) is 16.6. The van der Waals surface area contributed by atoms with Crippen LogP contribution in [0.15, 0.2) is 41.8 Å². The normalized spacial score (nSPS) is 13.0. The van der Waals surface area contributed by atoms with E-state index in [4.69, 9.17) is 0 Å². The zero-order chi connectivity index (χ0) is 16.3. The van der Waals surface area contributed by atoms with Gasteiger partial charge in [-0.2, -0.15) is 0 Å². The van der Waals surface area contributed by atoms with Gasteiger partial charge in [0.05, 0.1) is 5.25 Å². The first kappa shape index (κ1) is 16.6. The van der Waals surface area contributed by atoms with Crippen molar-refractivity contribution in [3.05, 3.63) is 42.2 Å². The number of aryl methyl sites for hydroxylation is 1. The Hall–Kier alpha value is -1.75. The summed E-state index contributed by atoms with van der Waals surface area (Å²) in [7, 11) is 0. The first-order valence-corrected chi connectivity index (χ1v) is 8.23. The fraction of sp³-hybridized carbons (Fsp3) is 0.412. The number of imidazole rings is 1. The van der Waals surface area contributed by atoms with Crippen molar-refractivity contribution in [3.63, 3.8) is 0 Å². The Kier molecular flexibility index (Phi) is 4.96. The van der Waals surface area contributed by atoms with Gasteiger partial charge in [-0.25, -0.2) is 4.98 Å². The molecule has 0 bridgehead atoms. The van der Waals surface area contributed by atoms with E-state index in [0.717, 1.165) is 10.8 Å². The molecule has 1 aromatic carbocycles. The molecular weight excluding hydrogens is 294 g/mol. The predicted octanol–water partition coefficient (Wildman–Crippen LogP) is 3.58. The van der Waals surface area contributed by atoms with E-state index < -0.39 is 0 Å². The Morgan fingerprint density at radius 1 is 1.36 bits per heavy atom. The molecule has 2 rings (SSSR count). The number of nitrogens with zero attached hydrogens (tertiary/aromatic N) is 2. The maximum atomic E-state index is 12.2. The molecule has 1 unspecified atom stereocenters. The summed E-state index contributed by atoms with van der Waals surface area (Å²) in [5, 5.41) is 3.62. The lowest BCUT2D eigenvalue weighted by molar-refractivity contribution is -0.121. The molecule has 5 heteroatoms. The molecule has 118 valence electrons. The summed E-state index contributed by atoms with van der Waals surface area (Å²) in [6, 6.07) is 8.23. The third-order valence-corrected chi connectivity index (χ3v) is 4.12. The first-order chi connectivity index (χ1) is 10.3. The zero-order valence-corrected chi connectivity index (χ0v) is 14.6. The van der Waals surface area contributed by atoms with E-state index in [2.05, 4.69) is 29.4 Å². The summed E-state index contributed by atoms with van der Waals surface area (Å²) >= 11 is 1.47. The van der Waals surface area contributed by atoms with Crippen LogP contribution in [0.5, 0.6) is 0 Å². The highest BCUT2D eigenvalue weighted by atomic mass is 32.2. The third kappa shape index (κ3) is 4.37. The van der Waals surface area contributed by atoms with Crippen molar-refractivity contribution in [1.82, 2.24) is 14.9 Å². The molecule has 2 aromatic rings. The lowest BCUT2D eigenvalue weighted by Gasteiger charge is -2.23. The van der Waals surface area contributed by atoms with Crippen molar-refractivity contribution >= 4 is 17.7 Å². The molecule has 0 radical (unpaired) electrons. The Balaban J connectivity index is 2.15. The van der Waals surface area contributed by atoms with E-state index >= 15 is 0 Å². The third-order valence-electron chi connectivity index (χ3n) is 3.04. The minimum absolute atomic E-state index is 0.0243. The number of benzene rings is 1. The summed E-state index contributed by atoms with van der Waals surface area (Å²) in [5.74, 6) is 0.0243. The van der Waals surface area contributed by atoms with Gasteiger partial charge in [0.15, 0.2) is 5.16 Å². The number of hydrogen-bond donors (Lipinski definition) is 1. The second kappa shape index (κ2) is 6.57. The summed E-state index contributed by atoms with van der Waals surface area (Å²) in [6.45, 7) is 9.91. The monoisotopic (exact) mass is 317 g/mol. The molecule has 4 nitrogen and oxygen atoms in total. The van der Waals surface area contributed by atoms with Gasteiger partial charge < -0.3 is 5.32 Å². The fourth-order valence-corrected chi connectivity index (χ4v) is 2.92. The average molecular weight is 317 g/mol. The van der Waals surface area contributed by atoms with Crippen LogP contribution in [0.2, 0.25) is 0 Å². The molecule has 0 fully saturated rings. The largest absolute Gasteiger partial charge is 0.351 e. The molecule has 22 heavy (non-hydrogen) atoms. The summed E-state index contributed by atoms with van der Waals surface area (Å²) in [6.07, 6.45) is 3.69. The van der Waals surface area contributed by atoms with Gasteiger partial charge in [-0.1, -0.05) is 23.9 Å². The van der Waals surface area contributed by atoms with Crippen LogP contribution in [-0.4, -0.2) is 26.2 Å². The van der Waals surface area contributed by atoms with Crippen LogP contribution >= 0.6 is 11.8 Å². The number of aromatic nitrogens is 2. The number of amides is 1. The Bertz CT molecular complexity index is 658. The van der Waals surface area contributed by atoms with Crippen molar-refractivity contribution in [2.45, 2.75) is 50.6 Å². The van der Waals surface area contributed by atoms with Crippen LogP contribution in [0.3, 0.4) is 0 Å². The molecule has 0 spiro atoms. The van der Waals surface area contributed by atoms with Crippen LogP contribution < -0.4 is 5.32 Å². The van der Waals surface area contributed by atoms with Crippen molar-refractivity contribution in [3.8, 4) is 5.69 Å². The van der Waals surface area contributed by atoms with Gasteiger partial charge in [-0.05, 0) is 52.3 Å². The molecule has 1 N–H and O–H groups in total. The molecule has 0 aliphatic heterocycles. The highest BCUT2D eigenvalue weighted by Gasteiger charge is 2.21. The van der Waals surface area contributed by atoms with E-state index in [-0.39, 0.29) is 16.7 Å². The number of carbonyl (C=O) groups is 1. The molecule has 0 aliphatic rings. The van der Waals surface area contributed by atoms with Crippen LogP contribution in [0.1, 0.15) is 33.3 Å². The average Bonchev–Trinajstić information content (AvgIpc) is 2.84. The Labute approximate surface area is 136 Å². The van der Waals surface area contributed by atoms with E-state index in [1.807, 2.05) is 50.6 Å². The van der Waals surface area contributed by atoms with Gasteiger partial charge in [0.2, 0.25) is 5.91 Å². The van der Waals surface area contributed by atoms with Gasteiger partial charge in [0.1, 0.15) is 0 Å². The Morgan fingerprint density at radius 2 is 2.09 bits per heavy atom. The van der Waals surface area contributed by atoms with E-state index in [9.17, 15) is 4.79 Å². The quantitative estimate of drug-likeness (QED) is 0.877. The Morgan fingerprint density at radius 3 is 2.73 bits per heavy atom. The fourth-order valence-electron chi connectivity index (χ4n) is 2.03. The second-order valence-electron chi connectivity index (χ2n) is 6.42. The van der Waals surface area contributed by atoms with Crippen molar-refractivity contribution in [2.75, 3.05) is 0 Å². The van der Waals surface area contributed by atoms with Crippen LogP contribution in [0.4, 0.5) is 0 Å². The number of carbonyl (C=O) groups excluding carboxylic acids is 1. The molecule has 0 saturated carbocycles. The van der Waals surface area contributed by atoms with Crippen molar-refractivity contribution in [1.29, 1.82) is 0 Å². The van der Waals surface area contributed by atoms with E-state index in [1.54, 1.807) is 6.20 Å². The molecule has 1 amide bonds. The summed E-state index contributed by atoms with van der Waals surface area (Å²) < 4.78 is 2.01. The molecule has 1 heterocycles. The van der Waals surface area contributed by atoms with Crippen molar-refractivity contribution < 1.29 is 4.79 Å². The second-order valence-corrected chi connectivity index (χ2v) is 7.73. The van der Waals surface area contributed by atoms with Crippen LogP contribution in [0, 0.1) is 6.92 Å². The van der Waals surface area contributed by atoms with Gasteiger partial charge in [-0.15, -0.1) is 0 Å². The maximum Gasteiger partial charge on any atom is 0.233 e. The topological polar surface area (TPSA) is 46.9 Å². The molecule has 0 saturated heterocycles. The van der Waals surface area contributed by atoms with Gasteiger partial charge in [-0.3, -0.25) is 9.36 Å². The van der Waals surface area contributed by atoms with Gasteiger partial charge in [0.25, 0.3) is 0 Å². The van der Waals surface area contributed by atoms with E-state index in [0.29, 0.717) is 0 Å². The number of thioether (sulfide) groups is 1. The lowest BCUT2D eigenvalue weighted by atomic mass is 10.1. The number of rotatable bonds is 4. The minimum atomic E-state index is -0.224. The SMILES string of the molecule is Cc1cccc(-n2ccnc2SC(C)C(=O)NC(C)(C)C)c1.